The molecule has 8 heteroatoms. The number of hydrogen-bond acceptors (Lipinski definition) is 6. The second kappa shape index (κ2) is 11.1. The van der Waals surface area contributed by atoms with Crippen molar-refractivity contribution in [3.8, 4) is 0 Å². The minimum atomic E-state index is -0.541. The molecule has 0 atom stereocenters. The van der Waals surface area contributed by atoms with E-state index in [0.29, 0.717) is 30.5 Å². The predicted molar refractivity (Wildman–Crippen MR) is 118 cm³/mol. The Morgan fingerprint density at radius 1 is 1.10 bits per heavy atom. The van der Waals surface area contributed by atoms with Gasteiger partial charge in [0.2, 0.25) is 17.7 Å². The molecule has 8 nitrogen and oxygen atoms in total. The maximum Gasteiger partial charge on any atom is 0.227 e. The molecular formula is C23H39N5O3. The fourth-order valence-corrected chi connectivity index (χ4v) is 4.66. The third kappa shape index (κ3) is 6.76. The molecule has 1 aliphatic heterocycles. The smallest absolute Gasteiger partial charge is 0.227 e. The lowest BCUT2D eigenvalue weighted by atomic mass is 9.89. The first-order valence-corrected chi connectivity index (χ1v) is 12.0. The molecule has 2 aliphatic rings. The van der Waals surface area contributed by atoms with Crippen LogP contribution in [0.1, 0.15) is 83.9 Å². The number of piperazine rings is 1. The van der Waals surface area contributed by atoms with E-state index in [1.54, 1.807) is 0 Å². The lowest BCUT2D eigenvalue weighted by Crippen LogP contribution is -2.49. The normalized spacial score (nSPS) is 19.9. The molecule has 1 aromatic heterocycles. The van der Waals surface area contributed by atoms with E-state index in [2.05, 4.69) is 34.2 Å². The Bertz CT molecular complexity index is 717. The molecule has 31 heavy (non-hydrogen) atoms. The summed E-state index contributed by atoms with van der Waals surface area (Å²) in [5.41, 5.74) is -0.541. The van der Waals surface area contributed by atoms with Gasteiger partial charge in [-0.25, -0.2) is 0 Å². The van der Waals surface area contributed by atoms with Gasteiger partial charge in [-0.3, -0.25) is 14.5 Å². The summed E-state index contributed by atoms with van der Waals surface area (Å²) in [5, 5.41) is 7.31. The number of rotatable bonds is 8. The van der Waals surface area contributed by atoms with E-state index >= 15 is 0 Å². The van der Waals surface area contributed by atoms with Crippen molar-refractivity contribution < 1.29 is 14.1 Å². The van der Waals surface area contributed by atoms with Crippen LogP contribution in [-0.2, 0) is 21.5 Å². The van der Waals surface area contributed by atoms with Crippen molar-refractivity contribution in [2.45, 2.75) is 84.1 Å². The van der Waals surface area contributed by atoms with E-state index in [-0.39, 0.29) is 11.8 Å². The van der Waals surface area contributed by atoms with Gasteiger partial charge in [0.15, 0.2) is 5.82 Å². The first-order chi connectivity index (χ1) is 14.9. The number of aromatic nitrogens is 2. The van der Waals surface area contributed by atoms with Gasteiger partial charge in [0.25, 0.3) is 0 Å². The molecule has 1 saturated carbocycles. The van der Waals surface area contributed by atoms with Crippen molar-refractivity contribution in [3.63, 3.8) is 0 Å². The van der Waals surface area contributed by atoms with Gasteiger partial charge in [-0.1, -0.05) is 44.7 Å². The zero-order valence-corrected chi connectivity index (χ0v) is 19.5. The van der Waals surface area contributed by atoms with E-state index in [9.17, 15) is 9.59 Å². The van der Waals surface area contributed by atoms with Crippen LogP contribution in [0.25, 0.3) is 0 Å². The third-order valence-corrected chi connectivity index (χ3v) is 6.57. The molecule has 3 rings (SSSR count). The van der Waals surface area contributed by atoms with Crippen LogP contribution in [0.3, 0.4) is 0 Å². The minimum Gasteiger partial charge on any atom is -0.343 e. The van der Waals surface area contributed by atoms with E-state index in [1.165, 1.54) is 13.3 Å². The fourth-order valence-electron chi connectivity index (χ4n) is 4.66. The van der Waals surface area contributed by atoms with E-state index in [4.69, 9.17) is 4.52 Å². The van der Waals surface area contributed by atoms with Crippen molar-refractivity contribution >= 4 is 11.8 Å². The van der Waals surface area contributed by atoms with Gasteiger partial charge in [0.1, 0.15) is 5.54 Å². The molecule has 1 aromatic rings. The summed E-state index contributed by atoms with van der Waals surface area (Å²) in [6.45, 7) is 10.6. The molecule has 1 aliphatic carbocycles. The van der Waals surface area contributed by atoms with Crippen LogP contribution in [-0.4, -0.2) is 64.5 Å². The summed E-state index contributed by atoms with van der Waals surface area (Å²) in [6.07, 6.45) is 8.05. The molecule has 2 fully saturated rings. The van der Waals surface area contributed by atoms with E-state index in [1.807, 2.05) is 4.90 Å². The summed E-state index contributed by atoms with van der Waals surface area (Å²) in [7, 11) is 0. The van der Waals surface area contributed by atoms with E-state index < -0.39 is 5.54 Å². The maximum absolute atomic E-state index is 12.7. The van der Waals surface area contributed by atoms with Gasteiger partial charge in [0, 0.05) is 45.9 Å². The van der Waals surface area contributed by atoms with Gasteiger partial charge in [-0.2, -0.15) is 4.98 Å². The van der Waals surface area contributed by atoms with E-state index in [0.717, 1.165) is 71.2 Å². The molecule has 0 bridgehead atoms. The molecule has 1 saturated heterocycles. The quantitative estimate of drug-likeness (QED) is 0.634. The topological polar surface area (TPSA) is 91.6 Å². The highest BCUT2D eigenvalue weighted by Crippen LogP contribution is 2.34. The van der Waals surface area contributed by atoms with Crippen LogP contribution in [0.15, 0.2) is 4.52 Å². The van der Waals surface area contributed by atoms with Gasteiger partial charge in [-0.15, -0.1) is 0 Å². The first kappa shape index (κ1) is 23.7. The Kier molecular flexibility index (Phi) is 8.46. The zero-order valence-electron chi connectivity index (χ0n) is 19.5. The minimum absolute atomic E-state index is 0.0732. The Morgan fingerprint density at radius 2 is 1.77 bits per heavy atom. The van der Waals surface area contributed by atoms with Crippen LogP contribution in [0.5, 0.6) is 0 Å². The highest BCUT2D eigenvalue weighted by atomic mass is 16.5. The summed E-state index contributed by atoms with van der Waals surface area (Å²) >= 11 is 0. The number of hydrogen-bond donors (Lipinski definition) is 1. The first-order valence-electron chi connectivity index (χ1n) is 12.0. The Balaban J connectivity index is 1.51. The molecule has 0 unspecified atom stereocenters. The lowest BCUT2D eigenvalue weighted by Gasteiger charge is -2.35. The largest absolute Gasteiger partial charge is 0.343 e. The molecule has 0 spiro atoms. The second-order valence-corrected chi connectivity index (χ2v) is 9.59. The number of nitrogens with one attached hydrogen (secondary N) is 1. The monoisotopic (exact) mass is 433 g/mol. The standard InChI is InChI=1S/C23H39N5O3/c1-18(2)10-13-27-14-16-28(17-15-27)21(30)9-8-20-24-22(26-31-20)23(25-19(3)29)11-6-4-5-7-12-23/h18H,4-17H2,1-3H3,(H,25,29). The summed E-state index contributed by atoms with van der Waals surface area (Å²) in [5.74, 6) is 1.82. The zero-order chi connectivity index (χ0) is 22.3. The van der Waals surface area contributed by atoms with Crippen molar-refractivity contribution in [3.05, 3.63) is 11.7 Å². The van der Waals surface area contributed by atoms with Gasteiger partial charge < -0.3 is 14.7 Å². The molecule has 0 radical (unpaired) electrons. The maximum atomic E-state index is 12.7. The Hall–Kier alpha value is -1.96. The number of carbonyl (C=O) groups excluding carboxylic acids is 2. The van der Waals surface area contributed by atoms with Crippen LogP contribution in [0, 0.1) is 5.92 Å². The lowest BCUT2D eigenvalue weighted by molar-refractivity contribution is -0.133. The van der Waals surface area contributed by atoms with Gasteiger partial charge in [0.05, 0.1) is 0 Å². The van der Waals surface area contributed by atoms with Crippen LogP contribution < -0.4 is 5.32 Å². The van der Waals surface area contributed by atoms with Gasteiger partial charge in [-0.05, 0) is 31.7 Å². The highest BCUT2D eigenvalue weighted by molar-refractivity contribution is 5.76. The SMILES string of the molecule is CC(=O)NC1(c2noc(CCC(=O)N3CCN(CCC(C)C)CC3)n2)CCCCCC1. The van der Waals surface area contributed by atoms with Gasteiger partial charge >= 0.3 is 0 Å². The van der Waals surface area contributed by atoms with Crippen molar-refractivity contribution in [1.29, 1.82) is 0 Å². The average molecular weight is 434 g/mol. The fraction of sp³-hybridized carbons (Fsp3) is 0.826. The third-order valence-electron chi connectivity index (χ3n) is 6.57. The predicted octanol–water partition coefficient (Wildman–Crippen LogP) is 2.88. The molecule has 0 aromatic carbocycles. The van der Waals surface area contributed by atoms with Crippen molar-refractivity contribution in [2.24, 2.45) is 5.92 Å². The van der Waals surface area contributed by atoms with Crippen LogP contribution >= 0.6 is 0 Å². The van der Waals surface area contributed by atoms with Crippen LogP contribution in [0.4, 0.5) is 0 Å². The van der Waals surface area contributed by atoms with Crippen molar-refractivity contribution in [2.75, 3.05) is 32.7 Å². The van der Waals surface area contributed by atoms with Crippen molar-refractivity contribution in [1.82, 2.24) is 25.3 Å². The number of amides is 2. The highest BCUT2D eigenvalue weighted by Gasteiger charge is 2.38. The summed E-state index contributed by atoms with van der Waals surface area (Å²) < 4.78 is 5.48. The summed E-state index contributed by atoms with van der Waals surface area (Å²) in [4.78, 5) is 33.5. The number of nitrogens with zero attached hydrogens (tertiary/aromatic N) is 4. The Morgan fingerprint density at radius 3 is 2.39 bits per heavy atom. The molecule has 1 N–H and O–H groups in total. The number of carbonyl (C=O) groups is 2. The second-order valence-electron chi connectivity index (χ2n) is 9.59. The summed E-state index contributed by atoms with van der Waals surface area (Å²) in [6, 6.07) is 0. The molecular weight excluding hydrogens is 394 g/mol. The Labute approximate surface area is 186 Å². The molecule has 2 heterocycles. The number of aryl methyl sites for hydroxylation is 1. The molecule has 2 amide bonds. The molecule has 174 valence electrons. The average Bonchev–Trinajstić information content (AvgIpc) is 3.10. The van der Waals surface area contributed by atoms with Crippen LogP contribution in [0.2, 0.25) is 0 Å².